The predicted molar refractivity (Wildman–Crippen MR) is 55.7 cm³/mol. The Balaban J connectivity index is 2.09. The van der Waals surface area contributed by atoms with Crippen molar-refractivity contribution in [3.63, 3.8) is 0 Å². The second-order valence-electron chi connectivity index (χ2n) is 4.78. The first-order valence-corrected chi connectivity index (χ1v) is 5.90. The standard InChI is InChI=1S/C11H20O5/c1-7-2-4-11(15-7)10(14)9(13)6-8(16-11)3-5-12/h7-10,12-14H,2-6H2,1H3/t7-,8+,9-,10+,11-/m0/s1. The van der Waals surface area contributed by atoms with Crippen LogP contribution in [0, 0.1) is 0 Å². The Morgan fingerprint density at radius 1 is 1.31 bits per heavy atom. The largest absolute Gasteiger partial charge is 0.396 e. The zero-order valence-corrected chi connectivity index (χ0v) is 9.50. The number of aliphatic hydroxyl groups is 3. The van der Waals surface area contributed by atoms with Crippen molar-refractivity contribution in [2.24, 2.45) is 0 Å². The molecule has 2 saturated heterocycles. The highest BCUT2D eigenvalue weighted by Crippen LogP contribution is 2.41. The van der Waals surface area contributed by atoms with E-state index in [9.17, 15) is 10.2 Å². The molecule has 2 aliphatic heterocycles. The van der Waals surface area contributed by atoms with E-state index in [-0.39, 0.29) is 18.8 Å². The molecule has 0 aromatic carbocycles. The average Bonchev–Trinajstić information content (AvgIpc) is 2.58. The molecule has 0 unspecified atom stereocenters. The van der Waals surface area contributed by atoms with Crippen molar-refractivity contribution in [2.45, 2.75) is 62.8 Å². The van der Waals surface area contributed by atoms with Gasteiger partial charge in [-0.1, -0.05) is 0 Å². The van der Waals surface area contributed by atoms with Crippen LogP contribution in [-0.4, -0.2) is 52.1 Å². The van der Waals surface area contributed by atoms with E-state index >= 15 is 0 Å². The van der Waals surface area contributed by atoms with Gasteiger partial charge in [-0.15, -0.1) is 0 Å². The molecule has 0 saturated carbocycles. The number of aliphatic hydroxyl groups excluding tert-OH is 3. The summed E-state index contributed by atoms with van der Waals surface area (Å²) in [4.78, 5) is 0. The number of rotatable bonds is 2. The molecule has 0 radical (unpaired) electrons. The maximum atomic E-state index is 9.97. The molecule has 0 bridgehead atoms. The molecule has 5 atom stereocenters. The van der Waals surface area contributed by atoms with Gasteiger partial charge in [0, 0.05) is 19.4 Å². The summed E-state index contributed by atoms with van der Waals surface area (Å²) in [6.45, 7) is 1.94. The monoisotopic (exact) mass is 232 g/mol. The van der Waals surface area contributed by atoms with Crippen LogP contribution in [0.3, 0.4) is 0 Å². The van der Waals surface area contributed by atoms with Crippen LogP contribution in [0.25, 0.3) is 0 Å². The molecule has 5 nitrogen and oxygen atoms in total. The van der Waals surface area contributed by atoms with Gasteiger partial charge >= 0.3 is 0 Å². The zero-order valence-electron chi connectivity index (χ0n) is 9.50. The Hall–Kier alpha value is -0.200. The molecule has 3 N–H and O–H groups in total. The fourth-order valence-corrected chi connectivity index (χ4v) is 2.58. The first kappa shape index (κ1) is 12.3. The third-order valence-electron chi connectivity index (χ3n) is 3.44. The summed E-state index contributed by atoms with van der Waals surface area (Å²) in [7, 11) is 0. The number of hydrogen-bond acceptors (Lipinski definition) is 5. The van der Waals surface area contributed by atoms with Gasteiger partial charge in [-0.25, -0.2) is 0 Å². The summed E-state index contributed by atoms with van der Waals surface area (Å²) in [6, 6.07) is 0. The van der Waals surface area contributed by atoms with E-state index in [0.717, 1.165) is 6.42 Å². The zero-order chi connectivity index (χ0) is 11.8. The van der Waals surface area contributed by atoms with E-state index in [1.54, 1.807) is 0 Å². The van der Waals surface area contributed by atoms with E-state index < -0.39 is 18.0 Å². The first-order valence-electron chi connectivity index (χ1n) is 5.90. The lowest BCUT2D eigenvalue weighted by molar-refractivity contribution is -0.331. The van der Waals surface area contributed by atoms with Gasteiger partial charge in [0.15, 0.2) is 5.79 Å². The molecular weight excluding hydrogens is 212 g/mol. The van der Waals surface area contributed by atoms with E-state index in [0.29, 0.717) is 19.3 Å². The van der Waals surface area contributed by atoms with Crippen molar-refractivity contribution in [3.8, 4) is 0 Å². The molecule has 2 aliphatic rings. The molecule has 2 fully saturated rings. The minimum absolute atomic E-state index is 0.0130. The van der Waals surface area contributed by atoms with E-state index in [2.05, 4.69) is 0 Å². The molecular formula is C11H20O5. The van der Waals surface area contributed by atoms with Gasteiger partial charge in [0.05, 0.1) is 18.3 Å². The van der Waals surface area contributed by atoms with Gasteiger partial charge in [0.1, 0.15) is 6.10 Å². The topological polar surface area (TPSA) is 79.2 Å². The molecule has 0 aromatic heterocycles. The molecule has 2 heterocycles. The van der Waals surface area contributed by atoms with E-state index in [1.165, 1.54) is 0 Å². The molecule has 94 valence electrons. The molecule has 0 amide bonds. The summed E-state index contributed by atoms with van der Waals surface area (Å²) in [5, 5.41) is 28.7. The molecule has 0 aromatic rings. The van der Waals surface area contributed by atoms with Crippen molar-refractivity contribution in [1.82, 2.24) is 0 Å². The van der Waals surface area contributed by atoms with Crippen LogP contribution in [0.15, 0.2) is 0 Å². The highest BCUT2D eigenvalue weighted by molar-refractivity contribution is 4.95. The third-order valence-corrected chi connectivity index (χ3v) is 3.44. The van der Waals surface area contributed by atoms with E-state index in [1.807, 2.05) is 6.92 Å². The van der Waals surface area contributed by atoms with Crippen LogP contribution in [0.2, 0.25) is 0 Å². The second kappa shape index (κ2) is 4.58. The van der Waals surface area contributed by atoms with Crippen LogP contribution in [0.4, 0.5) is 0 Å². The molecule has 5 heteroatoms. The van der Waals surface area contributed by atoms with Gasteiger partial charge in [-0.05, 0) is 19.8 Å². The summed E-state index contributed by atoms with van der Waals surface area (Å²) < 4.78 is 11.4. The minimum atomic E-state index is -1.06. The maximum absolute atomic E-state index is 9.97. The van der Waals surface area contributed by atoms with Crippen LogP contribution < -0.4 is 0 Å². The Labute approximate surface area is 95.0 Å². The lowest BCUT2D eigenvalue weighted by atomic mass is 9.92. The molecule has 1 spiro atoms. The minimum Gasteiger partial charge on any atom is -0.396 e. The van der Waals surface area contributed by atoms with Gasteiger partial charge in [0.25, 0.3) is 0 Å². The average molecular weight is 232 g/mol. The quantitative estimate of drug-likeness (QED) is 0.613. The normalized spacial score (nSPS) is 48.8. The summed E-state index contributed by atoms with van der Waals surface area (Å²) >= 11 is 0. The molecule has 16 heavy (non-hydrogen) atoms. The highest BCUT2D eigenvalue weighted by atomic mass is 16.7. The van der Waals surface area contributed by atoms with Gasteiger partial charge in [-0.2, -0.15) is 0 Å². The van der Waals surface area contributed by atoms with Crippen molar-refractivity contribution in [2.75, 3.05) is 6.61 Å². The summed E-state index contributed by atoms with van der Waals surface area (Å²) in [5.41, 5.74) is 0. The Morgan fingerprint density at radius 3 is 2.62 bits per heavy atom. The van der Waals surface area contributed by atoms with Crippen molar-refractivity contribution in [1.29, 1.82) is 0 Å². The Bertz CT molecular complexity index is 247. The van der Waals surface area contributed by atoms with Gasteiger partial charge in [-0.3, -0.25) is 0 Å². The molecule has 0 aliphatic carbocycles. The fraction of sp³-hybridized carbons (Fsp3) is 1.00. The van der Waals surface area contributed by atoms with Crippen LogP contribution >= 0.6 is 0 Å². The first-order chi connectivity index (χ1) is 7.57. The SMILES string of the molecule is C[C@H]1CC[C@@]2(O[C@H](CCO)C[C@H](O)[C@H]2O)O1. The Kier molecular flexibility index (Phi) is 3.51. The number of ether oxygens (including phenoxy) is 2. The highest BCUT2D eigenvalue weighted by Gasteiger charge is 2.53. The Morgan fingerprint density at radius 2 is 2.06 bits per heavy atom. The van der Waals surface area contributed by atoms with Crippen molar-refractivity contribution >= 4 is 0 Å². The van der Waals surface area contributed by atoms with Crippen molar-refractivity contribution in [3.05, 3.63) is 0 Å². The number of hydrogen-bond donors (Lipinski definition) is 3. The van der Waals surface area contributed by atoms with Crippen LogP contribution in [0.5, 0.6) is 0 Å². The summed E-state index contributed by atoms with van der Waals surface area (Å²) in [6.07, 6.45) is 0.181. The van der Waals surface area contributed by atoms with Gasteiger partial charge < -0.3 is 24.8 Å². The van der Waals surface area contributed by atoms with Crippen molar-refractivity contribution < 1.29 is 24.8 Å². The van der Waals surface area contributed by atoms with Crippen LogP contribution in [0.1, 0.15) is 32.6 Å². The molecule has 2 rings (SSSR count). The smallest absolute Gasteiger partial charge is 0.197 e. The van der Waals surface area contributed by atoms with Gasteiger partial charge in [0.2, 0.25) is 0 Å². The summed E-state index contributed by atoms with van der Waals surface area (Å²) in [5.74, 6) is -1.06. The second-order valence-corrected chi connectivity index (χ2v) is 4.78. The third kappa shape index (κ3) is 2.10. The maximum Gasteiger partial charge on any atom is 0.197 e. The van der Waals surface area contributed by atoms with E-state index in [4.69, 9.17) is 14.6 Å². The predicted octanol–water partition coefficient (Wildman–Crippen LogP) is -0.225. The fourth-order valence-electron chi connectivity index (χ4n) is 2.58. The lowest BCUT2D eigenvalue weighted by Crippen LogP contribution is -2.58. The van der Waals surface area contributed by atoms with Crippen LogP contribution in [-0.2, 0) is 9.47 Å². The lowest BCUT2D eigenvalue weighted by Gasteiger charge is -2.44.